The summed E-state index contributed by atoms with van der Waals surface area (Å²) in [7, 11) is 0. The first-order valence-corrected chi connectivity index (χ1v) is 19.0. The van der Waals surface area contributed by atoms with Crippen LogP contribution in [0.1, 0.15) is 65.2 Å². The summed E-state index contributed by atoms with van der Waals surface area (Å²) in [4.78, 5) is 19.2. The van der Waals surface area contributed by atoms with Crippen LogP contribution in [0.15, 0.2) is 43.0 Å². The maximum Gasteiger partial charge on any atom is 0.270 e. The summed E-state index contributed by atoms with van der Waals surface area (Å²) in [6.45, 7) is 9.20. The van der Waals surface area contributed by atoms with Crippen LogP contribution in [0.5, 0.6) is 0 Å². The molecule has 0 bridgehead atoms. The first-order chi connectivity index (χ1) is 24.4. The lowest BCUT2D eigenvalue weighted by Crippen LogP contribution is -2.40. The second-order valence-electron chi connectivity index (χ2n) is 13.9. The average molecular weight is 704 g/mol. The fourth-order valence-electron chi connectivity index (χ4n) is 7.69. The highest BCUT2D eigenvalue weighted by atomic mass is 32.1. The van der Waals surface area contributed by atoms with Crippen molar-refractivity contribution in [3.05, 3.63) is 70.5 Å². The van der Waals surface area contributed by atoms with Gasteiger partial charge in [0.05, 0.1) is 40.4 Å². The lowest BCUT2D eigenvalue weighted by molar-refractivity contribution is 0.283. The van der Waals surface area contributed by atoms with Gasteiger partial charge < -0.3 is 10.6 Å². The van der Waals surface area contributed by atoms with Crippen molar-refractivity contribution >= 4 is 54.4 Å². The van der Waals surface area contributed by atoms with E-state index in [-0.39, 0.29) is 6.04 Å². The summed E-state index contributed by atoms with van der Waals surface area (Å²) >= 11 is 3.50. The van der Waals surface area contributed by atoms with Gasteiger partial charge in [0.1, 0.15) is 15.4 Å². The van der Waals surface area contributed by atoms with E-state index in [9.17, 15) is 0 Å². The van der Waals surface area contributed by atoms with Gasteiger partial charge in [0.15, 0.2) is 11.3 Å². The number of aromatic nitrogens is 11. The maximum atomic E-state index is 5.07. The molecule has 2 N–H and O–H groups in total. The van der Waals surface area contributed by atoms with Gasteiger partial charge in [0.25, 0.3) is 5.95 Å². The Morgan fingerprint density at radius 3 is 2.40 bits per heavy atom. The number of aryl methyl sites for hydroxylation is 3. The summed E-state index contributed by atoms with van der Waals surface area (Å²) in [5.74, 6) is 1.20. The topological polar surface area (TPSA) is 133 Å². The first-order valence-electron chi connectivity index (χ1n) is 17.4. The SMILES string of the molecule is Cc1cn2nc(-n3cc4cc(C5CCNCC5)sc4n3)nc2c(CC2CC(n3cc4cc(-c5cc(C)c6nc(C)cn6n5)sc4n3)CCN2)n1. The second-order valence-corrected chi connectivity index (χ2v) is 16.0. The highest BCUT2D eigenvalue weighted by molar-refractivity contribution is 7.21. The van der Waals surface area contributed by atoms with Gasteiger partial charge in [-0.15, -0.1) is 27.8 Å². The molecule has 0 spiro atoms. The zero-order valence-corrected chi connectivity index (χ0v) is 29.8. The van der Waals surface area contributed by atoms with Crippen LogP contribution >= 0.6 is 22.7 Å². The van der Waals surface area contributed by atoms with Crippen molar-refractivity contribution in [2.24, 2.45) is 0 Å². The zero-order valence-electron chi connectivity index (χ0n) is 28.2. The molecule has 0 aliphatic carbocycles. The van der Waals surface area contributed by atoms with Gasteiger partial charge in [-0.1, -0.05) is 0 Å². The predicted octanol–water partition coefficient (Wildman–Crippen LogP) is 5.57. The van der Waals surface area contributed by atoms with Gasteiger partial charge in [-0.3, -0.25) is 9.67 Å². The fraction of sp³-hybridized carbons (Fsp3) is 0.400. The van der Waals surface area contributed by atoms with Crippen molar-refractivity contribution in [3.8, 4) is 16.5 Å². The van der Waals surface area contributed by atoms with E-state index in [0.717, 1.165) is 104 Å². The molecule has 2 saturated heterocycles. The Morgan fingerprint density at radius 2 is 1.56 bits per heavy atom. The largest absolute Gasteiger partial charge is 0.317 e. The number of nitrogens with zero attached hydrogens (tertiary/aromatic N) is 11. The molecule has 0 amide bonds. The zero-order chi connectivity index (χ0) is 33.5. The van der Waals surface area contributed by atoms with Crippen molar-refractivity contribution in [2.75, 3.05) is 19.6 Å². The average Bonchev–Trinajstić information content (AvgIpc) is 3.94. The maximum absolute atomic E-state index is 5.07. The van der Waals surface area contributed by atoms with E-state index in [1.165, 1.54) is 17.7 Å². The van der Waals surface area contributed by atoms with Gasteiger partial charge in [-0.25, -0.2) is 18.7 Å². The standard InChI is InChI=1S/C35H37N13S2/c1-19-10-27(41-46-16-21(3)39-31(19)46)30-12-24-17-45(42-33(24)50-30)26-6-9-37-25(13-26)14-28-32-40-35(44-47(32)15-20(2)38-28)48-18-23-11-29(49-34(23)43-48)22-4-7-36-8-5-22/h10-12,15-18,22,25-26,36-37H,4-9,13-14H2,1-3H3. The Kier molecular flexibility index (Phi) is 7.12. The molecule has 13 nitrogen and oxygen atoms in total. The number of imidazole rings is 1. The quantitative estimate of drug-likeness (QED) is 0.228. The van der Waals surface area contributed by atoms with Crippen LogP contribution in [-0.4, -0.2) is 79.4 Å². The van der Waals surface area contributed by atoms with E-state index in [2.05, 4.69) is 57.8 Å². The molecule has 15 heteroatoms. The number of rotatable bonds is 6. The monoisotopic (exact) mass is 703 g/mol. The van der Waals surface area contributed by atoms with Gasteiger partial charge >= 0.3 is 0 Å². The molecule has 0 aromatic carbocycles. The number of thiophene rings is 2. The van der Waals surface area contributed by atoms with E-state index in [1.807, 2.05) is 40.0 Å². The second kappa shape index (κ2) is 11.8. The van der Waals surface area contributed by atoms with Crippen LogP contribution in [0.4, 0.5) is 0 Å². The molecular weight excluding hydrogens is 667 g/mol. The minimum atomic E-state index is 0.241. The van der Waals surface area contributed by atoms with Crippen LogP contribution in [0.2, 0.25) is 0 Å². The van der Waals surface area contributed by atoms with E-state index in [0.29, 0.717) is 17.9 Å². The Morgan fingerprint density at radius 1 is 0.760 bits per heavy atom. The molecule has 2 fully saturated rings. The molecule has 50 heavy (non-hydrogen) atoms. The van der Waals surface area contributed by atoms with E-state index in [4.69, 9.17) is 30.4 Å². The Hall–Kier alpha value is -4.57. The number of hydrogen-bond donors (Lipinski definition) is 2. The summed E-state index contributed by atoms with van der Waals surface area (Å²) in [6, 6.07) is 7.18. The third kappa shape index (κ3) is 5.30. The number of hydrogen-bond acceptors (Lipinski definition) is 11. The van der Waals surface area contributed by atoms with E-state index < -0.39 is 0 Å². The Bertz CT molecular complexity index is 2480. The van der Waals surface area contributed by atoms with Crippen molar-refractivity contribution in [1.29, 1.82) is 0 Å². The highest BCUT2D eigenvalue weighted by Crippen LogP contribution is 2.36. The summed E-state index contributed by atoms with van der Waals surface area (Å²) < 4.78 is 7.74. The molecule has 2 atom stereocenters. The molecule has 2 aliphatic rings. The van der Waals surface area contributed by atoms with Crippen LogP contribution in [-0.2, 0) is 6.42 Å². The van der Waals surface area contributed by atoms with Crippen LogP contribution in [0.25, 0.3) is 48.2 Å². The molecule has 2 aliphatic heterocycles. The molecular formula is C35H37N13S2. The summed E-state index contributed by atoms with van der Waals surface area (Å²) in [6.07, 6.45) is 13.3. The van der Waals surface area contributed by atoms with Crippen molar-refractivity contribution < 1.29 is 0 Å². The summed E-state index contributed by atoms with van der Waals surface area (Å²) in [5, 5.41) is 29.1. The number of piperidine rings is 2. The molecule has 10 heterocycles. The van der Waals surface area contributed by atoms with Gasteiger partial charge in [0.2, 0.25) is 0 Å². The lowest BCUT2D eigenvalue weighted by atomic mass is 9.96. The Balaban J connectivity index is 0.874. The van der Waals surface area contributed by atoms with Crippen LogP contribution in [0, 0.1) is 20.8 Å². The predicted molar refractivity (Wildman–Crippen MR) is 196 cm³/mol. The van der Waals surface area contributed by atoms with E-state index >= 15 is 0 Å². The summed E-state index contributed by atoms with van der Waals surface area (Å²) in [5.41, 5.74) is 6.58. The molecule has 254 valence electrons. The normalized spacial score (nSPS) is 19.2. The minimum absolute atomic E-state index is 0.241. The van der Waals surface area contributed by atoms with Gasteiger partial charge in [-0.2, -0.15) is 20.3 Å². The van der Waals surface area contributed by atoms with E-state index in [1.54, 1.807) is 22.7 Å². The van der Waals surface area contributed by atoms with Crippen LogP contribution in [0.3, 0.4) is 0 Å². The van der Waals surface area contributed by atoms with Crippen LogP contribution < -0.4 is 10.6 Å². The molecule has 0 saturated carbocycles. The third-order valence-electron chi connectivity index (χ3n) is 10.1. The fourth-order valence-corrected chi connectivity index (χ4v) is 9.82. The number of fused-ring (bicyclic) bond motifs is 4. The number of nitrogens with one attached hydrogen (secondary N) is 2. The smallest absolute Gasteiger partial charge is 0.270 e. The molecule has 0 radical (unpaired) electrons. The highest BCUT2D eigenvalue weighted by Gasteiger charge is 2.27. The lowest BCUT2D eigenvalue weighted by Gasteiger charge is -2.30. The molecule has 8 aromatic rings. The molecule has 10 rings (SSSR count). The first kappa shape index (κ1) is 30.3. The van der Waals surface area contributed by atoms with Gasteiger partial charge in [0, 0.05) is 40.5 Å². The van der Waals surface area contributed by atoms with Crippen molar-refractivity contribution in [3.63, 3.8) is 0 Å². The van der Waals surface area contributed by atoms with Crippen molar-refractivity contribution in [2.45, 2.75) is 70.9 Å². The molecule has 8 aromatic heterocycles. The molecule has 2 unspecified atom stereocenters. The minimum Gasteiger partial charge on any atom is -0.317 e. The van der Waals surface area contributed by atoms with Gasteiger partial charge in [-0.05, 0) is 95.8 Å². The van der Waals surface area contributed by atoms with Crippen molar-refractivity contribution in [1.82, 2.24) is 64.4 Å². The third-order valence-corrected chi connectivity index (χ3v) is 12.4. The Labute approximate surface area is 295 Å².